The van der Waals surface area contributed by atoms with Crippen LogP contribution < -0.4 is 9.62 Å². The maximum absolute atomic E-state index is 12.2. The van der Waals surface area contributed by atoms with Gasteiger partial charge in [0.2, 0.25) is 15.9 Å². The van der Waals surface area contributed by atoms with Crippen molar-refractivity contribution in [1.82, 2.24) is 5.32 Å². The third kappa shape index (κ3) is 5.75. The maximum atomic E-state index is 12.2. The summed E-state index contributed by atoms with van der Waals surface area (Å²) in [7, 11) is -3.52. The van der Waals surface area contributed by atoms with Crippen LogP contribution in [0.3, 0.4) is 0 Å². The summed E-state index contributed by atoms with van der Waals surface area (Å²) in [5, 5.41) is 3.32. The van der Waals surface area contributed by atoms with Crippen molar-refractivity contribution < 1.29 is 13.2 Å². The molecule has 0 aliphatic carbocycles. The summed E-state index contributed by atoms with van der Waals surface area (Å²) in [4.78, 5) is 12.1. The fourth-order valence-corrected chi connectivity index (χ4v) is 3.76. The topological polar surface area (TPSA) is 66.5 Å². The predicted octanol–water partition coefficient (Wildman–Crippen LogP) is 3.16. The van der Waals surface area contributed by atoms with E-state index in [1.54, 1.807) is 25.1 Å². The predicted molar refractivity (Wildman–Crippen MR) is 106 cm³/mol. The molecule has 0 saturated carbocycles. The number of carbonyl (C=O) groups excluding carboxylic acids is 1. The van der Waals surface area contributed by atoms with E-state index in [0.717, 1.165) is 18.2 Å². The monoisotopic (exact) mass is 394 g/mol. The van der Waals surface area contributed by atoms with Gasteiger partial charge >= 0.3 is 0 Å². The molecule has 0 bridgehead atoms. The second-order valence-corrected chi connectivity index (χ2v) is 8.37. The lowest BCUT2D eigenvalue weighted by Gasteiger charge is -2.24. The van der Waals surface area contributed by atoms with Crippen molar-refractivity contribution in [3.8, 4) is 0 Å². The van der Waals surface area contributed by atoms with Crippen molar-refractivity contribution in [2.75, 3.05) is 23.7 Å². The Bertz CT molecular complexity index is 854. The molecule has 0 radical (unpaired) electrons. The van der Waals surface area contributed by atoms with Crippen LogP contribution in [0.4, 0.5) is 5.69 Å². The summed E-state index contributed by atoms with van der Waals surface area (Å²) in [5.41, 5.74) is 2.31. The highest BCUT2D eigenvalue weighted by molar-refractivity contribution is 7.92. The first kappa shape index (κ1) is 20.3. The minimum absolute atomic E-state index is 0.0667. The first-order chi connectivity index (χ1) is 12.3. The van der Waals surface area contributed by atoms with E-state index in [1.807, 2.05) is 30.3 Å². The van der Waals surface area contributed by atoms with Crippen LogP contribution in [-0.2, 0) is 21.2 Å². The summed E-state index contributed by atoms with van der Waals surface area (Å²) in [6, 6.07) is 14.9. The summed E-state index contributed by atoms with van der Waals surface area (Å²) in [5.74, 6) is -0.186. The Morgan fingerprint density at radius 1 is 1.12 bits per heavy atom. The molecular weight excluding hydrogens is 372 g/mol. The number of hydrogen-bond acceptors (Lipinski definition) is 3. The number of benzene rings is 2. The SMILES string of the molecule is Cc1c(Cl)cccc1N(CCC(=O)NCCc1ccccc1)S(C)(=O)=O. The molecule has 7 heteroatoms. The molecule has 5 nitrogen and oxygen atoms in total. The number of nitrogens with zero attached hydrogens (tertiary/aromatic N) is 1. The molecule has 140 valence electrons. The van der Waals surface area contributed by atoms with Gasteiger partial charge in [-0.3, -0.25) is 9.10 Å². The van der Waals surface area contributed by atoms with Crippen molar-refractivity contribution in [3.05, 3.63) is 64.7 Å². The van der Waals surface area contributed by atoms with Crippen molar-refractivity contribution in [2.45, 2.75) is 19.8 Å². The van der Waals surface area contributed by atoms with Crippen molar-refractivity contribution in [2.24, 2.45) is 0 Å². The molecule has 0 heterocycles. The van der Waals surface area contributed by atoms with E-state index in [0.29, 0.717) is 22.8 Å². The number of hydrogen-bond donors (Lipinski definition) is 1. The molecule has 1 amide bonds. The van der Waals surface area contributed by atoms with Gasteiger partial charge < -0.3 is 5.32 Å². The smallest absolute Gasteiger partial charge is 0.232 e. The van der Waals surface area contributed by atoms with Crippen molar-refractivity contribution in [1.29, 1.82) is 0 Å². The van der Waals surface area contributed by atoms with Crippen LogP contribution in [0, 0.1) is 6.92 Å². The molecule has 26 heavy (non-hydrogen) atoms. The first-order valence-electron chi connectivity index (χ1n) is 8.32. The molecule has 0 atom stereocenters. The molecular formula is C19H23ClN2O3S. The molecule has 2 aromatic rings. The van der Waals surface area contributed by atoms with Gasteiger partial charge in [-0.2, -0.15) is 0 Å². The molecule has 0 fully saturated rings. The molecule has 0 aliphatic heterocycles. The summed E-state index contributed by atoms with van der Waals surface area (Å²) < 4.78 is 25.5. The van der Waals surface area contributed by atoms with Crippen LogP contribution in [0.5, 0.6) is 0 Å². The summed E-state index contributed by atoms with van der Waals surface area (Å²) in [6.45, 7) is 2.34. The van der Waals surface area contributed by atoms with E-state index in [4.69, 9.17) is 11.6 Å². The highest BCUT2D eigenvalue weighted by Crippen LogP contribution is 2.28. The van der Waals surface area contributed by atoms with Gasteiger partial charge in [0, 0.05) is 24.5 Å². The standard InChI is InChI=1S/C19H23ClN2O3S/c1-15-17(20)9-6-10-18(15)22(26(2,24)25)14-12-19(23)21-13-11-16-7-4-3-5-8-16/h3-10H,11-14H2,1-2H3,(H,21,23). The van der Waals surface area contributed by atoms with Gasteiger partial charge in [0.05, 0.1) is 11.9 Å². The largest absolute Gasteiger partial charge is 0.356 e. The van der Waals surface area contributed by atoms with Crippen LogP contribution in [0.2, 0.25) is 5.02 Å². The van der Waals surface area contributed by atoms with E-state index in [1.165, 1.54) is 4.31 Å². The zero-order valence-corrected chi connectivity index (χ0v) is 16.5. The fraction of sp³-hybridized carbons (Fsp3) is 0.316. The number of halogens is 1. The first-order valence-corrected chi connectivity index (χ1v) is 10.5. The highest BCUT2D eigenvalue weighted by atomic mass is 35.5. The summed E-state index contributed by atoms with van der Waals surface area (Å²) >= 11 is 6.10. The van der Waals surface area contributed by atoms with Gasteiger partial charge in [0.1, 0.15) is 0 Å². The number of amides is 1. The van der Waals surface area contributed by atoms with Gasteiger partial charge in [-0.05, 0) is 36.6 Å². The lowest BCUT2D eigenvalue weighted by atomic mass is 10.1. The van der Waals surface area contributed by atoms with Crippen LogP contribution in [0.1, 0.15) is 17.5 Å². The quantitative estimate of drug-likeness (QED) is 0.747. The van der Waals surface area contributed by atoms with E-state index >= 15 is 0 Å². The average Bonchev–Trinajstić information content (AvgIpc) is 2.58. The average molecular weight is 395 g/mol. The van der Waals surface area contributed by atoms with Crippen LogP contribution >= 0.6 is 11.6 Å². The Balaban J connectivity index is 1.95. The van der Waals surface area contributed by atoms with Gasteiger partial charge in [-0.25, -0.2) is 8.42 Å². The molecule has 0 spiro atoms. The third-order valence-corrected chi connectivity index (χ3v) is 5.62. The molecule has 1 N–H and O–H groups in total. The highest BCUT2D eigenvalue weighted by Gasteiger charge is 2.21. The lowest BCUT2D eigenvalue weighted by Crippen LogP contribution is -2.35. The second-order valence-electron chi connectivity index (χ2n) is 6.05. The van der Waals surface area contributed by atoms with Crippen molar-refractivity contribution in [3.63, 3.8) is 0 Å². The Hall–Kier alpha value is -2.05. The Morgan fingerprint density at radius 3 is 2.46 bits per heavy atom. The van der Waals surface area contributed by atoms with Crippen LogP contribution in [-0.4, -0.2) is 33.7 Å². The number of anilines is 1. The Kier molecular flexibility index (Phi) is 7.06. The second kappa shape index (κ2) is 9.05. The number of nitrogens with one attached hydrogen (secondary N) is 1. The van der Waals surface area contributed by atoms with Gasteiger partial charge in [-0.15, -0.1) is 0 Å². The molecule has 2 rings (SSSR count). The fourth-order valence-electron chi connectivity index (χ4n) is 2.61. The lowest BCUT2D eigenvalue weighted by molar-refractivity contribution is -0.120. The zero-order chi connectivity index (χ0) is 19.2. The van der Waals surface area contributed by atoms with Gasteiger partial charge in [0.15, 0.2) is 0 Å². The van der Waals surface area contributed by atoms with E-state index in [-0.39, 0.29) is 18.9 Å². The molecule has 0 saturated heterocycles. The van der Waals surface area contributed by atoms with Crippen LogP contribution in [0.25, 0.3) is 0 Å². The Morgan fingerprint density at radius 2 is 1.81 bits per heavy atom. The van der Waals surface area contributed by atoms with Gasteiger partial charge in [-0.1, -0.05) is 48.0 Å². The zero-order valence-electron chi connectivity index (χ0n) is 14.9. The maximum Gasteiger partial charge on any atom is 0.232 e. The molecule has 0 aromatic heterocycles. The minimum atomic E-state index is -3.52. The normalized spacial score (nSPS) is 11.2. The van der Waals surface area contributed by atoms with E-state index in [9.17, 15) is 13.2 Å². The molecule has 2 aromatic carbocycles. The number of sulfonamides is 1. The number of carbonyl (C=O) groups is 1. The number of rotatable bonds is 8. The van der Waals surface area contributed by atoms with Crippen LogP contribution in [0.15, 0.2) is 48.5 Å². The third-order valence-electron chi connectivity index (χ3n) is 4.03. The molecule has 0 aliphatic rings. The van der Waals surface area contributed by atoms with E-state index in [2.05, 4.69) is 5.32 Å². The van der Waals surface area contributed by atoms with E-state index < -0.39 is 10.0 Å². The van der Waals surface area contributed by atoms with Crippen molar-refractivity contribution >= 4 is 33.2 Å². The Labute approximate surface area is 160 Å². The van der Waals surface area contributed by atoms with Gasteiger partial charge in [0.25, 0.3) is 0 Å². The minimum Gasteiger partial charge on any atom is -0.356 e. The molecule has 0 unspecified atom stereocenters. The summed E-state index contributed by atoms with van der Waals surface area (Å²) in [6.07, 6.45) is 1.93.